The summed E-state index contributed by atoms with van der Waals surface area (Å²) in [5, 5.41) is 8.76. The maximum Gasteiger partial charge on any atom is 0.306 e. The van der Waals surface area contributed by atoms with Gasteiger partial charge in [-0.05, 0) is 77.0 Å². The number of aliphatic carboxylic acids is 1. The zero-order valence-electron chi connectivity index (χ0n) is 25.4. The molecule has 0 saturated heterocycles. The van der Waals surface area contributed by atoms with E-state index < -0.39 is 5.97 Å². The number of allylic oxidation sites excluding steroid dienone is 8. The highest BCUT2D eigenvalue weighted by Crippen LogP contribution is 2.17. The van der Waals surface area contributed by atoms with Crippen LogP contribution < -0.4 is 0 Å². The van der Waals surface area contributed by atoms with Gasteiger partial charge < -0.3 is 9.84 Å². The van der Waals surface area contributed by atoms with Crippen LogP contribution in [0.2, 0.25) is 0 Å². The lowest BCUT2D eigenvalue weighted by Crippen LogP contribution is -2.18. The molecule has 1 atom stereocenters. The van der Waals surface area contributed by atoms with Crippen LogP contribution in [-0.4, -0.2) is 23.1 Å². The van der Waals surface area contributed by atoms with Gasteiger partial charge in [-0.15, -0.1) is 0 Å². The maximum absolute atomic E-state index is 12.4. The summed E-state index contributed by atoms with van der Waals surface area (Å²) in [6, 6.07) is 0. The van der Waals surface area contributed by atoms with Crippen molar-refractivity contribution in [1.29, 1.82) is 0 Å². The van der Waals surface area contributed by atoms with Crippen molar-refractivity contribution < 1.29 is 19.4 Å². The number of esters is 1. The number of rotatable bonds is 28. The predicted octanol–water partition coefficient (Wildman–Crippen LogP) is 10.8. The van der Waals surface area contributed by atoms with E-state index in [1.165, 1.54) is 25.7 Å². The fourth-order valence-corrected chi connectivity index (χ4v) is 4.47. The molecule has 4 heteroatoms. The highest BCUT2D eigenvalue weighted by molar-refractivity contribution is 5.69. The van der Waals surface area contributed by atoms with Crippen LogP contribution in [0.5, 0.6) is 0 Å². The molecule has 0 aromatic rings. The van der Waals surface area contributed by atoms with E-state index in [2.05, 4.69) is 62.5 Å². The van der Waals surface area contributed by atoms with Crippen LogP contribution >= 0.6 is 0 Å². The number of carbonyl (C=O) groups is 2. The van der Waals surface area contributed by atoms with Gasteiger partial charge in [-0.3, -0.25) is 9.59 Å². The summed E-state index contributed by atoms with van der Waals surface area (Å²) < 4.78 is 5.90. The van der Waals surface area contributed by atoms with Gasteiger partial charge in [-0.2, -0.15) is 0 Å². The second-order valence-corrected chi connectivity index (χ2v) is 10.6. The maximum atomic E-state index is 12.4. The first-order chi connectivity index (χ1) is 19.1. The molecule has 39 heavy (non-hydrogen) atoms. The molecule has 0 radical (unpaired) electrons. The summed E-state index contributed by atoms with van der Waals surface area (Å²) in [5.41, 5.74) is 0. The summed E-state index contributed by atoms with van der Waals surface area (Å²) in [7, 11) is 0. The molecule has 0 amide bonds. The van der Waals surface area contributed by atoms with Gasteiger partial charge in [0.2, 0.25) is 0 Å². The Labute approximate surface area is 241 Å². The fraction of sp³-hybridized carbons (Fsp3) is 0.714. The van der Waals surface area contributed by atoms with Crippen molar-refractivity contribution in [3.63, 3.8) is 0 Å². The number of carboxylic acids is 1. The molecule has 224 valence electrons. The lowest BCUT2D eigenvalue weighted by Gasteiger charge is -2.18. The second kappa shape index (κ2) is 30.4. The van der Waals surface area contributed by atoms with Gasteiger partial charge in [0.1, 0.15) is 6.10 Å². The Morgan fingerprint density at radius 1 is 0.590 bits per heavy atom. The number of hydrogen-bond acceptors (Lipinski definition) is 3. The van der Waals surface area contributed by atoms with E-state index in [0.717, 1.165) is 103 Å². The van der Waals surface area contributed by atoms with E-state index in [-0.39, 0.29) is 18.5 Å². The first-order valence-electron chi connectivity index (χ1n) is 16.1. The fourth-order valence-electron chi connectivity index (χ4n) is 4.47. The van der Waals surface area contributed by atoms with Gasteiger partial charge in [0, 0.05) is 12.8 Å². The molecule has 1 N–H and O–H groups in total. The van der Waals surface area contributed by atoms with Crippen molar-refractivity contribution in [2.24, 2.45) is 0 Å². The van der Waals surface area contributed by atoms with Crippen molar-refractivity contribution in [2.75, 3.05) is 0 Å². The number of ether oxygens (including phenoxy) is 1. The smallest absolute Gasteiger partial charge is 0.306 e. The second-order valence-electron chi connectivity index (χ2n) is 10.6. The first kappa shape index (κ1) is 36.9. The largest absolute Gasteiger partial charge is 0.481 e. The van der Waals surface area contributed by atoms with Gasteiger partial charge in [0.05, 0.1) is 0 Å². The highest BCUT2D eigenvalue weighted by Gasteiger charge is 2.14. The number of carbonyl (C=O) groups excluding carboxylic acids is 1. The van der Waals surface area contributed by atoms with Crippen LogP contribution in [0, 0.1) is 0 Å². The Kier molecular flexibility index (Phi) is 28.8. The lowest BCUT2D eigenvalue weighted by atomic mass is 10.0. The molecule has 0 aromatic carbocycles. The summed E-state index contributed by atoms with van der Waals surface area (Å²) >= 11 is 0. The third kappa shape index (κ3) is 30.3. The van der Waals surface area contributed by atoms with Gasteiger partial charge >= 0.3 is 11.9 Å². The van der Waals surface area contributed by atoms with Crippen molar-refractivity contribution >= 4 is 11.9 Å². The SMILES string of the molecule is CC/C=C\C/C=C\C/C=C\C/C=C\CCCCC(CCCCCCCC(=O)O)OC(=O)CCCCCCCC. The Morgan fingerprint density at radius 2 is 1.08 bits per heavy atom. The molecule has 0 spiro atoms. The third-order valence-corrected chi connectivity index (χ3v) is 6.82. The standard InChI is InChI=1S/C35H60O4/c1-3-5-7-9-11-12-13-14-15-16-17-18-19-21-25-29-33(30-26-22-20-23-27-31-34(36)37)39-35(38)32-28-24-10-8-6-4-2/h5,7,11-12,14-15,17-18,33H,3-4,6,8-10,13,16,19-32H2,1-2H3,(H,36,37)/b7-5-,12-11-,15-14-,18-17-. The quantitative estimate of drug-likeness (QED) is 0.0604. The highest BCUT2D eigenvalue weighted by atomic mass is 16.5. The van der Waals surface area contributed by atoms with E-state index in [9.17, 15) is 9.59 Å². The summed E-state index contributed by atoms with van der Waals surface area (Å²) in [4.78, 5) is 23.1. The van der Waals surface area contributed by atoms with Gasteiger partial charge in [-0.1, -0.05) is 114 Å². The Bertz CT molecular complexity index is 674. The van der Waals surface area contributed by atoms with E-state index in [4.69, 9.17) is 9.84 Å². The van der Waals surface area contributed by atoms with E-state index >= 15 is 0 Å². The summed E-state index contributed by atoms with van der Waals surface area (Å²) in [5.74, 6) is -0.742. The molecule has 0 saturated carbocycles. The monoisotopic (exact) mass is 544 g/mol. The molecule has 0 aliphatic heterocycles. The van der Waals surface area contributed by atoms with Crippen molar-refractivity contribution in [3.8, 4) is 0 Å². The van der Waals surface area contributed by atoms with E-state index in [1.54, 1.807) is 0 Å². The van der Waals surface area contributed by atoms with E-state index in [0.29, 0.717) is 6.42 Å². The molecule has 0 aliphatic rings. The molecule has 4 nitrogen and oxygen atoms in total. The molecular weight excluding hydrogens is 484 g/mol. The summed E-state index contributed by atoms with van der Waals surface area (Å²) in [6.45, 7) is 4.37. The predicted molar refractivity (Wildman–Crippen MR) is 167 cm³/mol. The molecule has 1 unspecified atom stereocenters. The third-order valence-electron chi connectivity index (χ3n) is 6.82. The molecule has 0 fully saturated rings. The van der Waals surface area contributed by atoms with Crippen LogP contribution in [0.4, 0.5) is 0 Å². The van der Waals surface area contributed by atoms with Crippen LogP contribution in [-0.2, 0) is 14.3 Å². The lowest BCUT2D eigenvalue weighted by molar-refractivity contribution is -0.150. The molecule has 0 heterocycles. The van der Waals surface area contributed by atoms with Gasteiger partial charge in [-0.25, -0.2) is 0 Å². The Hall–Kier alpha value is -2.10. The van der Waals surface area contributed by atoms with Crippen LogP contribution in [0.1, 0.15) is 155 Å². The number of carboxylic acid groups (broad SMARTS) is 1. The van der Waals surface area contributed by atoms with Crippen molar-refractivity contribution in [1.82, 2.24) is 0 Å². The minimum atomic E-state index is -0.711. The average molecular weight is 545 g/mol. The number of unbranched alkanes of at least 4 members (excludes halogenated alkanes) is 11. The van der Waals surface area contributed by atoms with Crippen LogP contribution in [0.15, 0.2) is 48.6 Å². The average Bonchev–Trinajstić information content (AvgIpc) is 2.91. The Balaban J connectivity index is 4.17. The molecule has 0 bridgehead atoms. The van der Waals surface area contributed by atoms with Crippen molar-refractivity contribution in [2.45, 2.75) is 161 Å². The van der Waals surface area contributed by atoms with Gasteiger partial charge in [0.15, 0.2) is 0 Å². The zero-order valence-corrected chi connectivity index (χ0v) is 25.4. The van der Waals surface area contributed by atoms with Crippen molar-refractivity contribution in [3.05, 3.63) is 48.6 Å². The molecular formula is C35H60O4. The first-order valence-corrected chi connectivity index (χ1v) is 16.1. The summed E-state index contributed by atoms with van der Waals surface area (Å²) in [6.07, 6.45) is 39.8. The molecule has 0 rings (SSSR count). The number of hydrogen-bond donors (Lipinski definition) is 1. The van der Waals surface area contributed by atoms with Crippen LogP contribution in [0.3, 0.4) is 0 Å². The minimum Gasteiger partial charge on any atom is -0.481 e. The van der Waals surface area contributed by atoms with Gasteiger partial charge in [0.25, 0.3) is 0 Å². The topological polar surface area (TPSA) is 63.6 Å². The minimum absolute atomic E-state index is 0.0223. The normalized spacial score (nSPS) is 12.9. The molecule has 0 aromatic heterocycles. The zero-order chi connectivity index (χ0) is 28.7. The Morgan fingerprint density at radius 3 is 1.67 bits per heavy atom. The molecule has 0 aliphatic carbocycles. The van der Waals surface area contributed by atoms with Crippen LogP contribution in [0.25, 0.3) is 0 Å². The van der Waals surface area contributed by atoms with E-state index in [1.807, 2.05) is 0 Å².